The molecule has 0 spiro atoms. The maximum atomic E-state index is 14.5. The van der Waals surface area contributed by atoms with E-state index in [-0.39, 0.29) is 5.92 Å². The Morgan fingerprint density at radius 2 is 2.24 bits per heavy atom. The van der Waals surface area contributed by atoms with Gasteiger partial charge in [0.05, 0.1) is 6.61 Å². The Morgan fingerprint density at radius 1 is 1.41 bits per heavy atom. The molecule has 0 aliphatic carbocycles. The lowest BCUT2D eigenvalue weighted by molar-refractivity contribution is 0.0195. The number of halogens is 1. The van der Waals surface area contributed by atoms with Gasteiger partial charge in [0.2, 0.25) is 0 Å². The molecule has 1 fully saturated rings. The second-order valence-corrected chi connectivity index (χ2v) is 4.62. The third kappa shape index (κ3) is 3.05. The first kappa shape index (κ1) is 12.5. The van der Waals surface area contributed by atoms with Gasteiger partial charge in [-0.15, -0.1) is 0 Å². The highest BCUT2D eigenvalue weighted by atomic mass is 19.1. The quantitative estimate of drug-likeness (QED) is 0.873. The van der Waals surface area contributed by atoms with Crippen LogP contribution in [0.5, 0.6) is 0 Å². The van der Waals surface area contributed by atoms with Crippen LogP contribution in [-0.2, 0) is 11.2 Å². The van der Waals surface area contributed by atoms with Gasteiger partial charge >= 0.3 is 0 Å². The van der Waals surface area contributed by atoms with Gasteiger partial charge < -0.3 is 10.5 Å². The Hall–Kier alpha value is -0.930. The summed E-state index contributed by atoms with van der Waals surface area (Å²) in [4.78, 5) is 0. The Labute approximate surface area is 102 Å². The molecule has 17 heavy (non-hydrogen) atoms. The zero-order valence-corrected chi connectivity index (χ0v) is 10.1. The van der Waals surface area contributed by atoms with Crippen LogP contribution in [0.2, 0.25) is 0 Å². The van der Waals surface area contributed by atoms with E-state index >= 15 is 0 Å². The van der Waals surface area contributed by atoms with Gasteiger partial charge in [0.15, 0.2) is 0 Å². The van der Waals surface area contributed by atoms with E-state index in [1.807, 2.05) is 24.3 Å². The summed E-state index contributed by atoms with van der Waals surface area (Å²) in [5.74, 6) is 0.00248. The van der Waals surface area contributed by atoms with E-state index in [0.29, 0.717) is 13.2 Å². The van der Waals surface area contributed by atoms with Gasteiger partial charge in [-0.1, -0.05) is 24.3 Å². The topological polar surface area (TPSA) is 35.2 Å². The Bertz CT molecular complexity index is 350. The van der Waals surface area contributed by atoms with Crippen LogP contribution < -0.4 is 5.73 Å². The summed E-state index contributed by atoms with van der Waals surface area (Å²) < 4.78 is 19.8. The van der Waals surface area contributed by atoms with Crippen molar-refractivity contribution in [2.75, 3.05) is 19.8 Å². The van der Waals surface area contributed by atoms with E-state index in [9.17, 15) is 4.39 Å². The first-order valence-electron chi connectivity index (χ1n) is 6.32. The van der Waals surface area contributed by atoms with Crippen LogP contribution in [0.3, 0.4) is 0 Å². The standard InChI is InChI=1S/C14H20FNO/c15-14(12-5-3-9-17-10-12)13-6-2-1-4-11(13)7-8-16/h1-2,4,6,12,14H,3,5,7-10,16H2. The monoisotopic (exact) mass is 237 g/mol. The number of nitrogens with two attached hydrogens (primary N) is 1. The fraction of sp³-hybridized carbons (Fsp3) is 0.571. The molecule has 2 unspecified atom stereocenters. The maximum absolute atomic E-state index is 14.5. The van der Waals surface area contributed by atoms with Crippen molar-refractivity contribution < 1.29 is 9.13 Å². The van der Waals surface area contributed by atoms with Crippen molar-refractivity contribution in [2.24, 2.45) is 11.7 Å². The van der Waals surface area contributed by atoms with Crippen LogP contribution in [0.4, 0.5) is 4.39 Å². The first-order chi connectivity index (χ1) is 8.33. The van der Waals surface area contributed by atoms with Crippen LogP contribution >= 0.6 is 0 Å². The number of ether oxygens (including phenoxy) is 1. The van der Waals surface area contributed by atoms with Crippen molar-refractivity contribution in [3.63, 3.8) is 0 Å². The van der Waals surface area contributed by atoms with Gasteiger partial charge in [-0.3, -0.25) is 0 Å². The second kappa shape index (κ2) is 6.12. The highest BCUT2D eigenvalue weighted by Crippen LogP contribution is 2.33. The van der Waals surface area contributed by atoms with E-state index in [2.05, 4.69) is 0 Å². The van der Waals surface area contributed by atoms with Crippen LogP contribution in [0, 0.1) is 5.92 Å². The Kier molecular flexibility index (Phi) is 4.51. The third-order valence-corrected chi connectivity index (χ3v) is 3.38. The van der Waals surface area contributed by atoms with Crippen LogP contribution in [0.15, 0.2) is 24.3 Å². The molecule has 2 nitrogen and oxygen atoms in total. The Morgan fingerprint density at radius 3 is 2.94 bits per heavy atom. The Balaban J connectivity index is 2.14. The molecule has 1 aliphatic rings. The molecule has 0 saturated carbocycles. The minimum atomic E-state index is -0.918. The normalized spacial score (nSPS) is 22.4. The molecule has 2 N–H and O–H groups in total. The summed E-state index contributed by atoms with van der Waals surface area (Å²) >= 11 is 0. The maximum Gasteiger partial charge on any atom is 0.130 e. The molecule has 1 aromatic rings. The predicted octanol–water partition coefficient (Wildman–Crippen LogP) is 2.63. The summed E-state index contributed by atoms with van der Waals surface area (Å²) in [6, 6.07) is 7.69. The van der Waals surface area contributed by atoms with Gasteiger partial charge in [0.25, 0.3) is 0 Å². The summed E-state index contributed by atoms with van der Waals surface area (Å²) in [6.45, 7) is 1.87. The van der Waals surface area contributed by atoms with Crippen molar-refractivity contribution in [2.45, 2.75) is 25.4 Å². The molecular weight excluding hydrogens is 217 g/mol. The van der Waals surface area contributed by atoms with Gasteiger partial charge in [0, 0.05) is 12.5 Å². The van der Waals surface area contributed by atoms with Crippen LogP contribution in [-0.4, -0.2) is 19.8 Å². The summed E-state index contributed by atoms with van der Waals surface area (Å²) in [6.07, 6.45) is 1.70. The van der Waals surface area contributed by atoms with E-state index in [0.717, 1.165) is 37.0 Å². The van der Waals surface area contributed by atoms with E-state index in [4.69, 9.17) is 10.5 Å². The smallest absolute Gasteiger partial charge is 0.130 e. The van der Waals surface area contributed by atoms with Crippen LogP contribution in [0.25, 0.3) is 0 Å². The number of alkyl halides is 1. The molecule has 0 aromatic heterocycles. The van der Waals surface area contributed by atoms with Gasteiger partial charge in [-0.25, -0.2) is 4.39 Å². The lowest BCUT2D eigenvalue weighted by Crippen LogP contribution is -2.22. The molecular formula is C14H20FNO. The second-order valence-electron chi connectivity index (χ2n) is 4.62. The minimum absolute atomic E-state index is 0.00248. The lowest BCUT2D eigenvalue weighted by Gasteiger charge is -2.26. The molecule has 3 heteroatoms. The SMILES string of the molecule is NCCc1ccccc1C(F)C1CCCOC1. The minimum Gasteiger partial charge on any atom is -0.381 e. The van der Waals surface area contributed by atoms with Gasteiger partial charge in [-0.2, -0.15) is 0 Å². The molecule has 1 aliphatic heterocycles. The molecule has 0 radical (unpaired) electrons. The number of hydrogen-bond acceptors (Lipinski definition) is 2. The molecule has 1 aromatic carbocycles. The molecule has 2 atom stereocenters. The third-order valence-electron chi connectivity index (χ3n) is 3.38. The molecule has 0 amide bonds. The number of benzene rings is 1. The van der Waals surface area contributed by atoms with Gasteiger partial charge in [-0.05, 0) is 36.9 Å². The van der Waals surface area contributed by atoms with Crippen LogP contribution in [0.1, 0.15) is 30.1 Å². The first-order valence-corrected chi connectivity index (χ1v) is 6.32. The van der Waals surface area contributed by atoms with Crippen molar-refractivity contribution in [1.29, 1.82) is 0 Å². The van der Waals surface area contributed by atoms with Crippen molar-refractivity contribution in [1.82, 2.24) is 0 Å². The van der Waals surface area contributed by atoms with E-state index in [1.165, 1.54) is 0 Å². The number of hydrogen-bond donors (Lipinski definition) is 1. The fourth-order valence-electron chi connectivity index (χ4n) is 2.44. The zero-order valence-electron chi connectivity index (χ0n) is 10.1. The summed E-state index contributed by atoms with van der Waals surface area (Å²) in [7, 11) is 0. The van der Waals surface area contributed by atoms with E-state index in [1.54, 1.807) is 0 Å². The summed E-state index contributed by atoms with van der Waals surface area (Å²) in [5.41, 5.74) is 7.40. The van der Waals surface area contributed by atoms with Crippen molar-refractivity contribution in [3.05, 3.63) is 35.4 Å². The fourth-order valence-corrected chi connectivity index (χ4v) is 2.44. The number of rotatable bonds is 4. The zero-order chi connectivity index (χ0) is 12.1. The predicted molar refractivity (Wildman–Crippen MR) is 66.6 cm³/mol. The summed E-state index contributed by atoms with van der Waals surface area (Å²) in [5, 5.41) is 0. The molecule has 1 saturated heterocycles. The highest BCUT2D eigenvalue weighted by Gasteiger charge is 2.26. The average Bonchev–Trinajstić information content (AvgIpc) is 2.40. The highest BCUT2D eigenvalue weighted by molar-refractivity contribution is 5.30. The average molecular weight is 237 g/mol. The largest absolute Gasteiger partial charge is 0.381 e. The molecule has 2 rings (SSSR count). The van der Waals surface area contributed by atoms with E-state index < -0.39 is 6.17 Å². The van der Waals surface area contributed by atoms with Crippen molar-refractivity contribution >= 4 is 0 Å². The molecule has 1 heterocycles. The molecule has 0 bridgehead atoms. The van der Waals surface area contributed by atoms with Gasteiger partial charge in [0.1, 0.15) is 6.17 Å². The molecule has 94 valence electrons. The van der Waals surface area contributed by atoms with Crippen molar-refractivity contribution in [3.8, 4) is 0 Å². The lowest BCUT2D eigenvalue weighted by atomic mass is 9.89.